The van der Waals surface area contributed by atoms with Gasteiger partial charge in [-0.3, -0.25) is 4.79 Å². The van der Waals surface area contributed by atoms with E-state index in [1.54, 1.807) is 29.2 Å². The van der Waals surface area contributed by atoms with E-state index in [1.165, 1.54) is 29.3 Å². The van der Waals surface area contributed by atoms with Crippen LogP contribution in [0.1, 0.15) is 35.1 Å². The molecule has 1 atom stereocenters. The average Bonchev–Trinajstić information content (AvgIpc) is 3.46. The Kier molecular flexibility index (Phi) is 4.01. The van der Waals surface area contributed by atoms with Gasteiger partial charge in [0.2, 0.25) is 0 Å². The number of amides is 1. The van der Waals surface area contributed by atoms with Gasteiger partial charge in [-0.05, 0) is 37.1 Å². The van der Waals surface area contributed by atoms with Gasteiger partial charge >= 0.3 is 0 Å². The van der Waals surface area contributed by atoms with Crippen molar-refractivity contribution < 1.29 is 14.3 Å². The molecule has 5 rings (SSSR count). The molecule has 2 N–H and O–H groups in total. The molecule has 1 aliphatic rings. The number of halogens is 1. The van der Waals surface area contributed by atoms with Gasteiger partial charge in [0.05, 0.1) is 29.5 Å². The summed E-state index contributed by atoms with van der Waals surface area (Å²) in [6, 6.07) is 8.96. The number of nitrogens with one attached hydrogen (secondary N) is 1. The van der Waals surface area contributed by atoms with Crippen molar-refractivity contribution in [2.45, 2.75) is 18.9 Å². The Morgan fingerprint density at radius 3 is 2.86 bits per heavy atom. The molecule has 0 aliphatic carbocycles. The predicted octanol–water partition coefficient (Wildman–Crippen LogP) is 2.97. The summed E-state index contributed by atoms with van der Waals surface area (Å²) in [7, 11) is 0. The molecule has 2 aromatic heterocycles. The first kappa shape index (κ1) is 17.4. The highest BCUT2D eigenvalue weighted by Crippen LogP contribution is 2.34. The van der Waals surface area contributed by atoms with E-state index in [0.29, 0.717) is 35.5 Å². The summed E-state index contributed by atoms with van der Waals surface area (Å²) in [6.45, 7) is 0.492. The van der Waals surface area contributed by atoms with Crippen LogP contribution >= 0.6 is 0 Å². The van der Waals surface area contributed by atoms with Gasteiger partial charge in [0.15, 0.2) is 0 Å². The largest absolute Gasteiger partial charge is 0.508 e. The molecule has 0 radical (unpaired) electrons. The summed E-state index contributed by atoms with van der Waals surface area (Å²) in [5, 5.41) is 17.8. The zero-order chi connectivity index (χ0) is 20.0. The molecule has 1 fully saturated rings. The lowest BCUT2D eigenvalue weighted by Crippen LogP contribution is -2.32. The van der Waals surface area contributed by atoms with Crippen molar-refractivity contribution in [3.8, 4) is 11.4 Å². The molecule has 2 aromatic carbocycles. The minimum Gasteiger partial charge on any atom is -0.508 e. The van der Waals surface area contributed by atoms with Crippen LogP contribution in [0.4, 0.5) is 4.39 Å². The Labute approximate surface area is 164 Å². The van der Waals surface area contributed by atoms with Gasteiger partial charge in [0.25, 0.3) is 5.91 Å². The molecule has 1 aliphatic heterocycles. The van der Waals surface area contributed by atoms with Crippen molar-refractivity contribution in [1.82, 2.24) is 29.9 Å². The van der Waals surface area contributed by atoms with Crippen LogP contribution in [0.25, 0.3) is 16.7 Å². The van der Waals surface area contributed by atoms with E-state index in [2.05, 4.69) is 20.2 Å². The molecule has 0 saturated carbocycles. The summed E-state index contributed by atoms with van der Waals surface area (Å²) < 4.78 is 14.7. The third-order valence-electron chi connectivity index (χ3n) is 5.15. The molecule has 1 amide bonds. The lowest BCUT2D eigenvalue weighted by molar-refractivity contribution is 0.0725. The fourth-order valence-corrected chi connectivity index (χ4v) is 3.84. The van der Waals surface area contributed by atoms with Crippen molar-refractivity contribution >= 4 is 16.9 Å². The zero-order valence-corrected chi connectivity index (χ0v) is 15.3. The second-order valence-corrected chi connectivity index (χ2v) is 6.93. The Balaban J connectivity index is 1.54. The van der Waals surface area contributed by atoms with Crippen LogP contribution in [0.3, 0.4) is 0 Å². The van der Waals surface area contributed by atoms with Gasteiger partial charge in [-0.1, -0.05) is 6.07 Å². The summed E-state index contributed by atoms with van der Waals surface area (Å²) >= 11 is 0. The summed E-state index contributed by atoms with van der Waals surface area (Å²) in [5.41, 5.74) is 1.61. The maximum Gasteiger partial charge on any atom is 0.259 e. The molecular weight excluding hydrogens is 375 g/mol. The number of fused-ring (bicyclic) bond motifs is 1. The SMILES string of the molecule is O=C(c1c(F)cccc1-n1nccn1)N1CCCC1c1nc2ccc(O)cc2[nH]1. The third-order valence-corrected chi connectivity index (χ3v) is 5.15. The number of hydrogen-bond donors (Lipinski definition) is 2. The number of likely N-dealkylation sites (tertiary alicyclic amines) is 1. The van der Waals surface area contributed by atoms with E-state index in [-0.39, 0.29) is 17.4 Å². The van der Waals surface area contributed by atoms with Crippen molar-refractivity contribution in [2.75, 3.05) is 6.54 Å². The third kappa shape index (κ3) is 2.91. The van der Waals surface area contributed by atoms with Crippen molar-refractivity contribution in [1.29, 1.82) is 0 Å². The number of phenols is 1. The molecule has 146 valence electrons. The molecule has 1 saturated heterocycles. The molecule has 8 nitrogen and oxygen atoms in total. The molecule has 0 spiro atoms. The van der Waals surface area contributed by atoms with Crippen LogP contribution in [-0.2, 0) is 0 Å². The predicted molar refractivity (Wildman–Crippen MR) is 102 cm³/mol. The second-order valence-electron chi connectivity index (χ2n) is 6.93. The van der Waals surface area contributed by atoms with Gasteiger partial charge in [-0.25, -0.2) is 9.37 Å². The van der Waals surface area contributed by atoms with Crippen LogP contribution in [0.5, 0.6) is 5.75 Å². The number of imidazole rings is 1. The second kappa shape index (κ2) is 6.69. The number of carbonyl (C=O) groups is 1. The Hall–Kier alpha value is -3.75. The van der Waals surface area contributed by atoms with Crippen molar-refractivity contribution in [2.24, 2.45) is 0 Å². The topological polar surface area (TPSA) is 99.9 Å². The standard InChI is InChI=1S/C20H17FN6O2/c21-13-3-1-4-16(27-22-8-9-23-27)18(13)20(29)26-10-2-5-17(26)19-24-14-7-6-12(28)11-15(14)25-19/h1,3-4,6-9,11,17,28H,2,5,10H2,(H,24,25). The van der Waals surface area contributed by atoms with Gasteiger partial charge in [0, 0.05) is 12.6 Å². The minimum atomic E-state index is -0.620. The summed E-state index contributed by atoms with van der Waals surface area (Å²) in [6.07, 6.45) is 4.44. The van der Waals surface area contributed by atoms with Crippen LogP contribution in [0, 0.1) is 5.82 Å². The Bertz CT molecular complexity index is 1200. The number of nitrogens with zero attached hydrogens (tertiary/aromatic N) is 5. The van der Waals surface area contributed by atoms with Crippen LogP contribution in [0.15, 0.2) is 48.8 Å². The van der Waals surface area contributed by atoms with E-state index in [1.807, 2.05) is 0 Å². The monoisotopic (exact) mass is 392 g/mol. The number of hydrogen-bond acceptors (Lipinski definition) is 5. The van der Waals surface area contributed by atoms with E-state index >= 15 is 0 Å². The molecular formula is C20H17FN6O2. The van der Waals surface area contributed by atoms with Gasteiger partial charge in [-0.2, -0.15) is 15.0 Å². The van der Waals surface area contributed by atoms with E-state index in [9.17, 15) is 14.3 Å². The maximum absolute atomic E-state index is 14.7. The van der Waals surface area contributed by atoms with E-state index in [4.69, 9.17) is 0 Å². The number of carbonyl (C=O) groups excluding carboxylic acids is 1. The first-order valence-corrected chi connectivity index (χ1v) is 9.26. The lowest BCUT2D eigenvalue weighted by Gasteiger charge is -2.24. The van der Waals surface area contributed by atoms with Crippen LogP contribution < -0.4 is 0 Å². The fraction of sp³-hybridized carbons (Fsp3) is 0.200. The number of benzene rings is 2. The first-order valence-electron chi connectivity index (χ1n) is 9.26. The maximum atomic E-state index is 14.7. The number of H-pyrrole nitrogens is 1. The molecule has 0 bridgehead atoms. The summed E-state index contributed by atoms with van der Waals surface area (Å²) in [5.74, 6) is -0.299. The first-order chi connectivity index (χ1) is 14.1. The average molecular weight is 392 g/mol. The molecule has 9 heteroatoms. The number of aromatic amines is 1. The highest BCUT2D eigenvalue weighted by molar-refractivity contribution is 5.98. The minimum absolute atomic E-state index is 0.0654. The van der Waals surface area contributed by atoms with Gasteiger partial charge in [-0.15, -0.1) is 0 Å². The van der Waals surface area contributed by atoms with Crippen LogP contribution in [-0.4, -0.2) is 47.4 Å². The van der Waals surface area contributed by atoms with Crippen molar-refractivity contribution in [3.63, 3.8) is 0 Å². The number of rotatable bonds is 3. The molecule has 1 unspecified atom stereocenters. The number of aromatic nitrogens is 5. The summed E-state index contributed by atoms with van der Waals surface area (Å²) in [4.78, 5) is 24.0. The van der Waals surface area contributed by atoms with Gasteiger partial charge < -0.3 is 15.0 Å². The van der Waals surface area contributed by atoms with E-state index in [0.717, 1.165) is 6.42 Å². The van der Waals surface area contributed by atoms with E-state index < -0.39 is 11.7 Å². The Morgan fingerprint density at radius 2 is 2.03 bits per heavy atom. The molecule has 4 aromatic rings. The van der Waals surface area contributed by atoms with Gasteiger partial charge in [0.1, 0.15) is 28.6 Å². The molecule has 29 heavy (non-hydrogen) atoms. The van der Waals surface area contributed by atoms with Crippen LogP contribution in [0.2, 0.25) is 0 Å². The zero-order valence-electron chi connectivity index (χ0n) is 15.3. The lowest BCUT2D eigenvalue weighted by atomic mass is 10.1. The van der Waals surface area contributed by atoms with Crippen molar-refractivity contribution in [3.05, 3.63) is 66.0 Å². The fourth-order valence-electron chi connectivity index (χ4n) is 3.84. The quantitative estimate of drug-likeness (QED) is 0.558. The highest BCUT2D eigenvalue weighted by Gasteiger charge is 2.35. The molecule has 3 heterocycles. The number of phenolic OH excluding ortho intramolecular Hbond substituents is 1. The Morgan fingerprint density at radius 1 is 1.21 bits per heavy atom. The smallest absolute Gasteiger partial charge is 0.259 e. The number of aromatic hydroxyl groups is 1. The normalized spacial score (nSPS) is 16.6. The highest BCUT2D eigenvalue weighted by atomic mass is 19.1.